The molecule has 2 rings (SSSR count). The molecule has 5 N–H and O–H groups in total. The molecule has 0 aromatic heterocycles. The summed E-state index contributed by atoms with van der Waals surface area (Å²) in [4.78, 5) is 23.2. The van der Waals surface area contributed by atoms with Gasteiger partial charge in [-0.1, -0.05) is 13.8 Å². The fourth-order valence-electron chi connectivity index (χ4n) is 3.81. The van der Waals surface area contributed by atoms with Gasteiger partial charge in [0.15, 0.2) is 0 Å². The third kappa shape index (κ3) is 2.66. The van der Waals surface area contributed by atoms with Crippen molar-refractivity contribution in [2.24, 2.45) is 22.8 Å². The van der Waals surface area contributed by atoms with Gasteiger partial charge in [0.05, 0.1) is 6.10 Å². The molecule has 1 saturated carbocycles. The fraction of sp³-hybridized carbons (Fsp3) is 0.867. The molecular weight excluding hydrogens is 270 g/mol. The van der Waals surface area contributed by atoms with Crippen LogP contribution in [-0.2, 0) is 14.3 Å². The first-order valence-electron chi connectivity index (χ1n) is 7.79. The van der Waals surface area contributed by atoms with Crippen LogP contribution in [0.2, 0.25) is 0 Å². The van der Waals surface area contributed by atoms with Crippen LogP contribution in [0.15, 0.2) is 0 Å². The Morgan fingerprint density at radius 2 is 2.05 bits per heavy atom. The first kappa shape index (κ1) is 16.2. The van der Waals surface area contributed by atoms with Crippen molar-refractivity contribution >= 4 is 11.8 Å². The molecule has 0 bridgehead atoms. The minimum atomic E-state index is -0.859. The van der Waals surface area contributed by atoms with Crippen LogP contribution in [-0.4, -0.2) is 36.6 Å². The van der Waals surface area contributed by atoms with Crippen LogP contribution in [0.3, 0.4) is 0 Å². The van der Waals surface area contributed by atoms with Gasteiger partial charge < -0.3 is 21.5 Å². The van der Waals surface area contributed by atoms with Gasteiger partial charge in [0.25, 0.3) is 0 Å². The number of rotatable bonds is 6. The number of carbonyl (C=O) groups excluding carboxylic acids is 2. The Morgan fingerprint density at radius 1 is 1.33 bits per heavy atom. The van der Waals surface area contributed by atoms with Crippen molar-refractivity contribution < 1.29 is 14.3 Å². The Kier molecular flexibility index (Phi) is 4.58. The number of unbranched alkanes of at least 4 members (excludes halogenated alkanes) is 1. The number of amides is 2. The Morgan fingerprint density at radius 3 is 2.71 bits per heavy atom. The van der Waals surface area contributed by atoms with E-state index in [-0.39, 0.29) is 29.3 Å². The van der Waals surface area contributed by atoms with Crippen LogP contribution in [0.5, 0.6) is 0 Å². The van der Waals surface area contributed by atoms with Gasteiger partial charge in [0, 0.05) is 30.9 Å². The highest BCUT2D eigenvalue weighted by atomic mass is 16.5. The van der Waals surface area contributed by atoms with Crippen LogP contribution < -0.4 is 16.8 Å². The average Bonchev–Trinajstić information content (AvgIpc) is 2.45. The molecule has 2 amide bonds. The molecule has 21 heavy (non-hydrogen) atoms. The summed E-state index contributed by atoms with van der Waals surface area (Å²) in [6.45, 7) is 5.30. The Balaban J connectivity index is 1.87. The van der Waals surface area contributed by atoms with Crippen molar-refractivity contribution in [1.82, 2.24) is 5.32 Å². The summed E-state index contributed by atoms with van der Waals surface area (Å²) in [5, 5.41) is 2.92. The van der Waals surface area contributed by atoms with E-state index in [9.17, 15) is 9.59 Å². The van der Waals surface area contributed by atoms with Crippen molar-refractivity contribution in [3.05, 3.63) is 0 Å². The van der Waals surface area contributed by atoms with Gasteiger partial charge in [-0.25, -0.2) is 0 Å². The zero-order chi connectivity index (χ0) is 15.7. The van der Waals surface area contributed by atoms with E-state index in [2.05, 4.69) is 5.32 Å². The minimum absolute atomic E-state index is 0.0804. The lowest BCUT2D eigenvalue weighted by atomic mass is 9.46. The second kappa shape index (κ2) is 5.93. The molecule has 0 aromatic rings. The quantitative estimate of drug-likeness (QED) is 0.612. The standard InChI is InChI=1S/C15H27N3O3/c1-14(2)12-10(6-5-9-21-12)15(14,17)13(20)18-8-4-3-7-11(16)19/h10,12H,3-9,17H2,1-2H3,(H2,16,19)(H,18,20). The maximum Gasteiger partial charge on any atom is 0.241 e. The molecule has 0 radical (unpaired) electrons. The SMILES string of the molecule is CC1(C)C2OCCCC2C1(N)C(=O)NCCCCC(N)=O. The zero-order valence-corrected chi connectivity index (χ0v) is 13.0. The average molecular weight is 297 g/mol. The number of fused-ring (bicyclic) bond motifs is 1. The van der Waals surface area contributed by atoms with Crippen molar-refractivity contribution in [2.45, 2.75) is 57.6 Å². The molecule has 0 spiro atoms. The Labute approximate surface area is 126 Å². The van der Waals surface area contributed by atoms with E-state index in [1.807, 2.05) is 13.8 Å². The summed E-state index contributed by atoms with van der Waals surface area (Å²) in [5.74, 6) is -0.302. The largest absolute Gasteiger partial charge is 0.377 e. The molecule has 1 aliphatic carbocycles. The monoisotopic (exact) mass is 297 g/mol. The molecule has 2 aliphatic rings. The number of nitrogens with one attached hydrogen (secondary N) is 1. The maximum atomic E-state index is 12.5. The Hall–Kier alpha value is -1.14. The van der Waals surface area contributed by atoms with Gasteiger partial charge >= 0.3 is 0 Å². The molecule has 120 valence electrons. The zero-order valence-electron chi connectivity index (χ0n) is 13.0. The van der Waals surface area contributed by atoms with E-state index in [0.29, 0.717) is 19.4 Å². The predicted molar refractivity (Wildman–Crippen MR) is 79.2 cm³/mol. The molecule has 1 saturated heterocycles. The summed E-state index contributed by atoms with van der Waals surface area (Å²) < 4.78 is 5.80. The number of ether oxygens (including phenoxy) is 1. The first-order chi connectivity index (χ1) is 9.81. The third-order valence-corrected chi connectivity index (χ3v) is 5.20. The molecule has 3 unspecified atom stereocenters. The van der Waals surface area contributed by atoms with E-state index in [0.717, 1.165) is 25.9 Å². The number of hydrogen-bond donors (Lipinski definition) is 3. The van der Waals surface area contributed by atoms with Gasteiger partial charge in [-0.15, -0.1) is 0 Å². The van der Waals surface area contributed by atoms with Crippen LogP contribution in [0.1, 0.15) is 46.0 Å². The van der Waals surface area contributed by atoms with Crippen molar-refractivity contribution in [3.63, 3.8) is 0 Å². The van der Waals surface area contributed by atoms with E-state index in [1.165, 1.54) is 0 Å². The van der Waals surface area contributed by atoms with Gasteiger partial charge in [0.1, 0.15) is 5.54 Å². The lowest BCUT2D eigenvalue weighted by Gasteiger charge is -2.65. The molecule has 6 nitrogen and oxygen atoms in total. The van der Waals surface area contributed by atoms with Gasteiger partial charge in [-0.2, -0.15) is 0 Å². The molecule has 3 atom stereocenters. The highest BCUT2D eigenvalue weighted by molar-refractivity contribution is 5.89. The van der Waals surface area contributed by atoms with Gasteiger partial charge in [-0.05, 0) is 25.7 Å². The molecule has 1 heterocycles. The summed E-state index contributed by atoms with van der Waals surface area (Å²) in [5.41, 5.74) is 10.3. The van der Waals surface area contributed by atoms with E-state index in [4.69, 9.17) is 16.2 Å². The van der Waals surface area contributed by atoms with E-state index < -0.39 is 5.54 Å². The number of hydrogen-bond acceptors (Lipinski definition) is 4. The topological polar surface area (TPSA) is 107 Å². The summed E-state index contributed by atoms with van der Waals surface area (Å²) in [6.07, 6.45) is 3.76. The van der Waals surface area contributed by atoms with Gasteiger partial charge in [0.2, 0.25) is 11.8 Å². The third-order valence-electron chi connectivity index (χ3n) is 5.20. The molecule has 2 fully saturated rings. The second-order valence-corrected chi connectivity index (χ2v) is 6.81. The number of carbonyl (C=O) groups is 2. The van der Waals surface area contributed by atoms with Crippen molar-refractivity contribution in [1.29, 1.82) is 0 Å². The minimum Gasteiger partial charge on any atom is -0.377 e. The van der Waals surface area contributed by atoms with Crippen LogP contribution in [0.4, 0.5) is 0 Å². The maximum absolute atomic E-state index is 12.5. The summed E-state index contributed by atoms with van der Waals surface area (Å²) in [7, 11) is 0. The molecule has 6 heteroatoms. The van der Waals surface area contributed by atoms with Gasteiger partial charge in [-0.3, -0.25) is 9.59 Å². The number of nitrogens with two attached hydrogens (primary N) is 2. The van der Waals surface area contributed by atoms with Crippen molar-refractivity contribution in [3.8, 4) is 0 Å². The molecular formula is C15H27N3O3. The Bertz CT molecular complexity index is 424. The van der Waals surface area contributed by atoms with Crippen molar-refractivity contribution in [2.75, 3.05) is 13.2 Å². The first-order valence-corrected chi connectivity index (χ1v) is 7.79. The fourth-order valence-corrected chi connectivity index (χ4v) is 3.81. The summed E-state index contributed by atoms with van der Waals surface area (Å²) >= 11 is 0. The highest BCUT2D eigenvalue weighted by Gasteiger charge is 2.70. The van der Waals surface area contributed by atoms with Crippen LogP contribution in [0.25, 0.3) is 0 Å². The van der Waals surface area contributed by atoms with Crippen LogP contribution in [0, 0.1) is 11.3 Å². The second-order valence-electron chi connectivity index (χ2n) is 6.81. The summed E-state index contributed by atoms with van der Waals surface area (Å²) in [6, 6.07) is 0. The number of primary amides is 1. The molecule has 1 aliphatic heterocycles. The van der Waals surface area contributed by atoms with E-state index >= 15 is 0 Å². The smallest absolute Gasteiger partial charge is 0.241 e. The highest BCUT2D eigenvalue weighted by Crippen LogP contribution is 2.57. The predicted octanol–water partition coefficient (Wildman–Crippen LogP) is 0.291. The van der Waals surface area contributed by atoms with Crippen LogP contribution >= 0.6 is 0 Å². The molecule has 0 aromatic carbocycles. The lowest BCUT2D eigenvalue weighted by Crippen LogP contribution is -2.82. The lowest BCUT2D eigenvalue weighted by molar-refractivity contribution is -0.225. The van der Waals surface area contributed by atoms with E-state index in [1.54, 1.807) is 0 Å². The normalized spacial score (nSPS) is 33.7.